The second-order valence-corrected chi connectivity index (χ2v) is 36.8. The fourth-order valence-corrected chi connectivity index (χ4v) is 20.3. The predicted molar refractivity (Wildman–Crippen MR) is 560 cm³/mol. The molecule has 3 aliphatic carbocycles. The van der Waals surface area contributed by atoms with Crippen LogP contribution in [0.3, 0.4) is 0 Å². The van der Waals surface area contributed by atoms with Gasteiger partial charge in [0.05, 0.1) is 22.8 Å². The Bertz CT molecular complexity index is 7120. The SMILES string of the molecule is CC1(C)c2ccccc2-c2ccc(-c3ccccc3-c3cccc(-c4cc(-c5ccccc5)cc(-c5ccccc5)n4)c3)cc21.CC1(C)c2ccccc2-c2ccc(-c3ccccc3-c3cccc(-c4nc(-c5ccccc5)cc(-c5ccccc5)n4)c3)cc21.CC1(C)c2ccccc2-c2ccc(-c3ccccc3-c3cccc(-c4nc(-c5ccccc5)nc(-c5ccccc5)n4)c3)cc21. The third kappa shape index (κ3) is 16.2. The normalized spacial score (nSPS) is 12.8. The smallest absolute Gasteiger partial charge is 0.164 e. The summed E-state index contributed by atoms with van der Waals surface area (Å²) < 4.78 is 0. The predicted octanol–water partition coefficient (Wildman–Crippen LogP) is 33.4. The topological polar surface area (TPSA) is 77.3 Å². The van der Waals surface area contributed by atoms with E-state index in [0.29, 0.717) is 23.3 Å². The van der Waals surface area contributed by atoms with Crippen molar-refractivity contribution < 1.29 is 0 Å². The number of pyridine rings is 1. The minimum absolute atomic E-state index is 0.0390. The van der Waals surface area contributed by atoms with Crippen LogP contribution in [0.5, 0.6) is 0 Å². The first-order valence-corrected chi connectivity index (χ1v) is 46.5. The van der Waals surface area contributed by atoms with Gasteiger partial charge in [-0.3, -0.25) is 0 Å². The van der Waals surface area contributed by atoms with E-state index in [-0.39, 0.29) is 16.2 Å². The van der Waals surface area contributed by atoms with E-state index in [2.05, 4.69) is 436 Å². The molecule has 0 radical (unpaired) electrons. The molecule has 3 aliphatic rings. The molecule has 0 aliphatic heterocycles. The minimum atomic E-state index is -0.0532. The standard InChI is InChI=1S/C44H33N.C43H32N2.C42H31N3/c1-44(2)40-23-12-11-22-38(40)39-25-24-33(27-41(39)44)37-21-10-9-20-36(37)32-18-13-19-34(26-32)43-29-35(30-14-5-3-6-15-30)28-42(45-43)31-16-7-4-8-17-31;1-43(2)38-23-12-11-22-36(38)37-25-24-32(27-39(37)43)35-21-10-9-20-34(35)31-18-13-19-33(26-31)42-44-40(29-14-5-3-6-15-29)28-41(45-42)30-16-7-4-8-17-30;1-42(2)37-23-12-11-22-35(37)36-25-24-31(27-38(36)42)34-21-10-9-20-33(34)30-18-13-19-32(26-30)41-44-39(28-14-5-3-6-15-28)43-40(45-41)29-16-7-4-8-17-29/h3-29H,1-2H3;3-28H,1-2H3;3-27H,1-2H3. The summed E-state index contributed by atoms with van der Waals surface area (Å²) in [7, 11) is 0. The lowest BCUT2D eigenvalue weighted by Crippen LogP contribution is -2.14. The van der Waals surface area contributed by atoms with Gasteiger partial charge in [-0.25, -0.2) is 29.9 Å². The Hall–Kier alpha value is -16.8. The summed E-state index contributed by atoms with van der Waals surface area (Å²) in [5, 5.41) is 0. The fourth-order valence-electron chi connectivity index (χ4n) is 20.3. The van der Waals surface area contributed by atoms with Gasteiger partial charge in [-0.1, -0.05) is 460 Å². The summed E-state index contributed by atoms with van der Waals surface area (Å²) >= 11 is 0. The van der Waals surface area contributed by atoms with Crippen LogP contribution in [-0.4, -0.2) is 29.9 Å². The highest BCUT2D eigenvalue weighted by molar-refractivity contribution is 5.94. The van der Waals surface area contributed by atoms with E-state index in [1.807, 2.05) is 78.9 Å². The molecule has 0 saturated heterocycles. The van der Waals surface area contributed by atoms with E-state index in [9.17, 15) is 0 Å². The van der Waals surface area contributed by atoms with Gasteiger partial charge in [0.2, 0.25) is 0 Å². The molecule has 0 saturated carbocycles. The lowest BCUT2D eigenvalue weighted by molar-refractivity contribution is 0.660. The van der Waals surface area contributed by atoms with Crippen LogP contribution in [0.25, 0.3) is 202 Å². The van der Waals surface area contributed by atoms with Crippen molar-refractivity contribution in [1.82, 2.24) is 29.9 Å². The summed E-state index contributed by atoms with van der Waals surface area (Å²) in [4.78, 5) is 30.1. The molecule has 6 nitrogen and oxygen atoms in total. The van der Waals surface area contributed by atoms with Gasteiger partial charge in [0, 0.05) is 60.8 Å². The van der Waals surface area contributed by atoms with E-state index in [1.54, 1.807) is 0 Å². The molecule has 0 spiro atoms. The van der Waals surface area contributed by atoms with E-state index in [1.165, 1.54) is 128 Å². The van der Waals surface area contributed by atoms with Crippen molar-refractivity contribution in [2.75, 3.05) is 0 Å². The first-order valence-electron chi connectivity index (χ1n) is 46.5. The van der Waals surface area contributed by atoms with Crippen LogP contribution in [0.15, 0.2) is 473 Å². The van der Waals surface area contributed by atoms with Crippen LogP contribution < -0.4 is 0 Å². The highest BCUT2D eigenvalue weighted by atomic mass is 15.0. The summed E-state index contributed by atoms with van der Waals surface area (Å²) in [6, 6.07) is 168. The quantitative estimate of drug-likeness (QED) is 0.102. The molecular weight excluding hydrogens is 1630 g/mol. The Kier molecular flexibility index (Phi) is 22.0. The molecule has 24 rings (SSSR count). The Balaban J connectivity index is 0.000000118. The second kappa shape index (κ2) is 35.5. The van der Waals surface area contributed by atoms with E-state index in [0.717, 1.165) is 84.0 Å². The van der Waals surface area contributed by atoms with Crippen molar-refractivity contribution in [3.63, 3.8) is 0 Å². The van der Waals surface area contributed by atoms with Crippen molar-refractivity contribution in [2.24, 2.45) is 0 Å². The van der Waals surface area contributed by atoms with Gasteiger partial charge < -0.3 is 0 Å². The van der Waals surface area contributed by atoms with Crippen molar-refractivity contribution in [3.05, 3.63) is 507 Å². The Morgan fingerprint density at radius 2 is 0.333 bits per heavy atom. The first kappa shape index (κ1) is 83.8. The van der Waals surface area contributed by atoms with Gasteiger partial charge in [0.25, 0.3) is 0 Å². The second-order valence-electron chi connectivity index (χ2n) is 36.8. The average Bonchev–Trinajstić information content (AvgIpc) is 1.59. The first-order chi connectivity index (χ1) is 66.2. The maximum atomic E-state index is 5.19. The molecule has 135 heavy (non-hydrogen) atoms. The zero-order valence-electron chi connectivity index (χ0n) is 76.2. The monoisotopic (exact) mass is 1730 g/mol. The molecular formula is C129H96N6. The zero-order valence-corrected chi connectivity index (χ0v) is 76.2. The lowest BCUT2D eigenvalue weighted by Gasteiger charge is -2.22. The molecule has 21 aromatic rings. The Morgan fingerprint density at radius 1 is 0.119 bits per heavy atom. The van der Waals surface area contributed by atoms with Gasteiger partial charge >= 0.3 is 0 Å². The maximum absolute atomic E-state index is 5.19. The zero-order chi connectivity index (χ0) is 91.1. The molecule has 642 valence electrons. The number of nitrogens with zero attached hydrogens (tertiary/aromatic N) is 6. The van der Waals surface area contributed by atoms with Gasteiger partial charge in [-0.2, -0.15) is 0 Å². The van der Waals surface area contributed by atoms with E-state index < -0.39 is 0 Å². The van der Waals surface area contributed by atoms with Gasteiger partial charge in [0.15, 0.2) is 23.3 Å². The summed E-state index contributed by atoms with van der Waals surface area (Å²) in [5.41, 5.74) is 44.9. The van der Waals surface area contributed by atoms with E-state index >= 15 is 0 Å². The maximum Gasteiger partial charge on any atom is 0.164 e. The summed E-state index contributed by atoms with van der Waals surface area (Å²) in [6.45, 7) is 14.0. The highest BCUT2D eigenvalue weighted by Crippen LogP contribution is 2.54. The molecule has 18 aromatic carbocycles. The number of hydrogen-bond donors (Lipinski definition) is 0. The number of hydrogen-bond acceptors (Lipinski definition) is 6. The molecule has 0 atom stereocenters. The highest BCUT2D eigenvalue weighted by Gasteiger charge is 2.39. The van der Waals surface area contributed by atoms with Crippen LogP contribution in [0, 0.1) is 0 Å². The van der Waals surface area contributed by atoms with Crippen LogP contribution in [0.2, 0.25) is 0 Å². The van der Waals surface area contributed by atoms with Crippen LogP contribution in [0.4, 0.5) is 0 Å². The van der Waals surface area contributed by atoms with Crippen molar-refractivity contribution in [3.8, 4) is 202 Å². The largest absolute Gasteiger partial charge is 0.248 e. The molecule has 0 fully saturated rings. The minimum Gasteiger partial charge on any atom is -0.248 e. The van der Waals surface area contributed by atoms with Crippen molar-refractivity contribution in [2.45, 2.75) is 57.8 Å². The van der Waals surface area contributed by atoms with Gasteiger partial charge in [0.1, 0.15) is 0 Å². The Morgan fingerprint density at radius 3 is 0.659 bits per heavy atom. The summed E-state index contributed by atoms with van der Waals surface area (Å²) in [5.74, 6) is 2.68. The molecule has 0 bridgehead atoms. The fraction of sp³-hybridized carbons (Fsp3) is 0.0698. The van der Waals surface area contributed by atoms with Crippen molar-refractivity contribution >= 4 is 0 Å². The van der Waals surface area contributed by atoms with Crippen LogP contribution in [-0.2, 0) is 16.2 Å². The number of rotatable bonds is 15. The summed E-state index contributed by atoms with van der Waals surface area (Å²) in [6.07, 6.45) is 0. The average molecular weight is 1730 g/mol. The molecule has 0 amide bonds. The molecule has 0 unspecified atom stereocenters. The van der Waals surface area contributed by atoms with Gasteiger partial charge in [-0.05, 0) is 199 Å². The molecule has 3 heterocycles. The molecule has 6 heteroatoms. The Labute approximate surface area is 790 Å². The third-order valence-corrected chi connectivity index (χ3v) is 27.4. The number of aromatic nitrogens is 6. The molecule has 3 aromatic heterocycles. The van der Waals surface area contributed by atoms with E-state index in [4.69, 9.17) is 29.9 Å². The third-order valence-electron chi connectivity index (χ3n) is 27.4. The van der Waals surface area contributed by atoms with Gasteiger partial charge in [-0.15, -0.1) is 0 Å². The molecule has 0 N–H and O–H groups in total. The van der Waals surface area contributed by atoms with Crippen LogP contribution in [0.1, 0.15) is 74.9 Å². The number of fused-ring (bicyclic) bond motifs is 9. The van der Waals surface area contributed by atoms with Crippen molar-refractivity contribution in [1.29, 1.82) is 0 Å². The van der Waals surface area contributed by atoms with Crippen LogP contribution >= 0.6 is 0 Å². The lowest BCUT2D eigenvalue weighted by atomic mass is 9.81. The number of benzene rings is 18.